The summed E-state index contributed by atoms with van der Waals surface area (Å²) in [6, 6.07) is 9.82. The van der Waals surface area contributed by atoms with Crippen LogP contribution in [0.25, 0.3) is 0 Å². The lowest BCUT2D eigenvalue weighted by molar-refractivity contribution is 0.0633. The predicted octanol–water partition coefficient (Wildman–Crippen LogP) is 0.622. The quantitative estimate of drug-likeness (QED) is 0.713. The van der Waals surface area contributed by atoms with E-state index in [4.69, 9.17) is 10.8 Å². The molecule has 1 heterocycles. The van der Waals surface area contributed by atoms with Crippen molar-refractivity contribution in [3.63, 3.8) is 0 Å². The standard InChI is InChI=1S/C16H26N2O2/c17-15(10-13-4-2-1-3-5-13)16(20)11-18-8-6-14(12-19)7-9-18/h1-5,14-16,19-20H,6-12,17H2. The molecule has 1 aromatic rings. The summed E-state index contributed by atoms with van der Waals surface area (Å²) >= 11 is 0. The lowest BCUT2D eigenvalue weighted by Crippen LogP contribution is -2.47. The summed E-state index contributed by atoms with van der Waals surface area (Å²) in [6.45, 7) is 2.80. The van der Waals surface area contributed by atoms with Gasteiger partial charge in [-0.05, 0) is 43.8 Å². The normalized spacial score (nSPS) is 20.8. The number of benzene rings is 1. The van der Waals surface area contributed by atoms with E-state index in [0.717, 1.165) is 31.5 Å². The summed E-state index contributed by atoms with van der Waals surface area (Å²) in [4.78, 5) is 2.25. The van der Waals surface area contributed by atoms with Gasteiger partial charge < -0.3 is 20.8 Å². The topological polar surface area (TPSA) is 69.7 Å². The van der Waals surface area contributed by atoms with Crippen LogP contribution in [0.15, 0.2) is 30.3 Å². The lowest BCUT2D eigenvalue weighted by atomic mass is 9.96. The Labute approximate surface area is 121 Å². The maximum Gasteiger partial charge on any atom is 0.0820 e. The van der Waals surface area contributed by atoms with Crippen molar-refractivity contribution in [3.05, 3.63) is 35.9 Å². The van der Waals surface area contributed by atoms with Gasteiger partial charge in [0, 0.05) is 19.2 Å². The molecule has 2 atom stereocenters. The summed E-state index contributed by atoms with van der Waals surface area (Å²) in [6.07, 6.45) is 2.23. The fraction of sp³-hybridized carbons (Fsp3) is 0.625. The number of piperidine rings is 1. The van der Waals surface area contributed by atoms with E-state index in [2.05, 4.69) is 4.90 Å². The first-order valence-corrected chi connectivity index (χ1v) is 7.50. The lowest BCUT2D eigenvalue weighted by Gasteiger charge is -2.33. The summed E-state index contributed by atoms with van der Waals surface area (Å²) in [5.41, 5.74) is 7.27. The van der Waals surface area contributed by atoms with Crippen molar-refractivity contribution in [1.29, 1.82) is 0 Å². The van der Waals surface area contributed by atoms with Gasteiger partial charge in [-0.3, -0.25) is 0 Å². The van der Waals surface area contributed by atoms with Gasteiger partial charge in [0.15, 0.2) is 0 Å². The van der Waals surface area contributed by atoms with E-state index in [1.807, 2.05) is 30.3 Å². The van der Waals surface area contributed by atoms with E-state index < -0.39 is 6.10 Å². The highest BCUT2D eigenvalue weighted by atomic mass is 16.3. The number of aliphatic hydroxyl groups is 2. The number of rotatable bonds is 6. The van der Waals surface area contributed by atoms with Gasteiger partial charge in [0.25, 0.3) is 0 Å². The van der Waals surface area contributed by atoms with Gasteiger partial charge in [0.05, 0.1) is 6.10 Å². The number of aliphatic hydroxyl groups excluding tert-OH is 2. The minimum Gasteiger partial charge on any atom is -0.396 e. The first-order chi connectivity index (χ1) is 9.69. The van der Waals surface area contributed by atoms with Gasteiger partial charge in [-0.15, -0.1) is 0 Å². The van der Waals surface area contributed by atoms with E-state index in [0.29, 0.717) is 18.9 Å². The SMILES string of the molecule is NC(Cc1ccccc1)C(O)CN1CCC(CO)CC1. The molecule has 1 saturated heterocycles. The van der Waals surface area contributed by atoms with E-state index in [-0.39, 0.29) is 12.6 Å². The Hall–Kier alpha value is -0.940. The van der Waals surface area contributed by atoms with Crippen molar-refractivity contribution in [1.82, 2.24) is 4.90 Å². The Morgan fingerprint density at radius 3 is 2.45 bits per heavy atom. The molecule has 1 aliphatic heterocycles. The first-order valence-electron chi connectivity index (χ1n) is 7.50. The highest BCUT2D eigenvalue weighted by Crippen LogP contribution is 2.17. The molecule has 4 nitrogen and oxygen atoms in total. The number of hydrogen-bond acceptors (Lipinski definition) is 4. The summed E-state index contributed by atoms with van der Waals surface area (Å²) in [7, 11) is 0. The maximum atomic E-state index is 10.2. The summed E-state index contributed by atoms with van der Waals surface area (Å²) in [5.74, 6) is 0.432. The van der Waals surface area contributed by atoms with Crippen molar-refractivity contribution in [2.24, 2.45) is 11.7 Å². The van der Waals surface area contributed by atoms with Crippen molar-refractivity contribution >= 4 is 0 Å². The zero-order valence-corrected chi connectivity index (χ0v) is 12.0. The van der Waals surface area contributed by atoms with Crippen LogP contribution in [0, 0.1) is 5.92 Å². The summed E-state index contributed by atoms with van der Waals surface area (Å²) in [5, 5.41) is 19.4. The average Bonchev–Trinajstić information content (AvgIpc) is 2.49. The van der Waals surface area contributed by atoms with Gasteiger partial charge in [0.1, 0.15) is 0 Å². The molecule has 0 amide bonds. The minimum atomic E-state index is -0.499. The number of nitrogens with two attached hydrogens (primary N) is 1. The molecule has 1 aromatic carbocycles. The Balaban J connectivity index is 1.75. The second kappa shape index (κ2) is 7.74. The molecule has 1 aliphatic rings. The predicted molar refractivity (Wildman–Crippen MR) is 80.4 cm³/mol. The Morgan fingerprint density at radius 1 is 1.20 bits per heavy atom. The van der Waals surface area contributed by atoms with Crippen LogP contribution >= 0.6 is 0 Å². The van der Waals surface area contributed by atoms with Crippen LogP contribution < -0.4 is 5.73 Å². The third-order valence-corrected chi connectivity index (χ3v) is 4.22. The Morgan fingerprint density at radius 2 is 1.85 bits per heavy atom. The van der Waals surface area contributed by atoms with Crippen molar-refractivity contribution in [3.8, 4) is 0 Å². The molecule has 0 bridgehead atoms. The largest absolute Gasteiger partial charge is 0.396 e. The van der Waals surface area contributed by atoms with Crippen LogP contribution in [0.5, 0.6) is 0 Å². The van der Waals surface area contributed by atoms with Crippen LogP contribution in [-0.4, -0.2) is 53.5 Å². The zero-order chi connectivity index (χ0) is 14.4. The van der Waals surface area contributed by atoms with Crippen LogP contribution in [-0.2, 0) is 6.42 Å². The molecule has 0 radical (unpaired) electrons. The fourth-order valence-corrected chi connectivity index (χ4v) is 2.77. The molecule has 0 spiro atoms. The van der Waals surface area contributed by atoms with Gasteiger partial charge in [0.2, 0.25) is 0 Å². The van der Waals surface area contributed by atoms with Gasteiger partial charge in [-0.2, -0.15) is 0 Å². The molecule has 4 N–H and O–H groups in total. The number of β-amino-alcohol motifs (C(OH)–C–C–N with tert-alkyl or cyclic N) is 1. The highest BCUT2D eigenvalue weighted by Gasteiger charge is 2.23. The summed E-state index contributed by atoms with van der Waals surface area (Å²) < 4.78 is 0. The van der Waals surface area contributed by atoms with Crippen molar-refractivity contribution in [2.75, 3.05) is 26.2 Å². The van der Waals surface area contributed by atoms with Gasteiger partial charge >= 0.3 is 0 Å². The molecule has 2 unspecified atom stereocenters. The number of nitrogens with zero attached hydrogens (tertiary/aromatic N) is 1. The molecule has 4 heteroatoms. The molecule has 112 valence electrons. The zero-order valence-electron chi connectivity index (χ0n) is 12.0. The van der Waals surface area contributed by atoms with E-state index in [1.54, 1.807) is 0 Å². The third kappa shape index (κ3) is 4.56. The molecule has 0 aromatic heterocycles. The molecule has 0 saturated carbocycles. The van der Waals surface area contributed by atoms with Gasteiger partial charge in [-0.1, -0.05) is 30.3 Å². The monoisotopic (exact) mass is 278 g/mol. The molecule has 1 fully saturated rings. The van der Waals surface area contributed by atoms with Crippen LogP contribution in [0.3, 0.4) is 0 Å². The van der Waals surface area contributed by atoms with Crippen molar-refractivity contribution < 1.29 is 10.2 Å². The molecule has 20 heavy (non-hydrogen) atoms. The maximum absolute atomic E-state index is 10.2. The highest BCUT2D eigenvalue weighted by molar-refractivity contribution is 5.16. The number of hydrogen-bond donors (Lipinski definition) is 3. The van der Waals surface area contributed by atoms with Gasteiger partial charge in [-0.25, -0.2) is 0 Å². The minimum absolute atomic E-state index is 0.229. The van der Waals surface area contributed by atoms with Crippen LogP contribution in [0.4, 0.5) is 0 Å². The van der Waals surface area contributed by atoms with E-state index >= 15 is 0 Å². The molecular weight excluding hydrogens is 252 g/mol. The van der Waals surface area contributed by atoms with E-state index in [9.17, 15) is 5.11 Å². The molecule has 0 aliphatic carbocycles. The van der Waals surface area contributed by atoms with Crippen LogP contribution in [0.1, 0.15) is 18.4 Å². The van der Waals surface area contributed by atoms with E-state index in [1.165, 1.54) is 0 Å². The third-order valence-electron chi connectivity index (χ3n) is 4.22. The average molecular weight is 278 g/mol. The van der Waals surface area contributed by atoms with Crippen LogP contribution in [0.2, 0.25) is 0 Å². The fourth-order valence-electron chi connectivity index (χ4n) is 2.77. The van der Waals surface area contributed by atoms with Crippen molar-refractivity contribution in [2.45, 2.75) is 31.4 Å². The Bertz CT molecular complexity index is 377. The molecule has 2 rings (SSSR count). The second-order valence-corrected chi connectivity index (χ2v) is 5.85. The molecular formula is C16H26N2O2. The smallest absolute Gasteiger partial charge is 0.0820 e. The second-order valence-electron chi connectivity index (χ2n) is 5.85. The Kier molecular flexibility index (Phi) is 5.98. The first kappa shape index (κ1) is 15.4. The number of likely N-dealkylation sites (tertiary alicyclic amines) is 1.